The van der Waals surface area contributed by atoms with Gasteiger partial charge in [-0.15, -0.1) is 0 Å². The van der Waals surface area contributed by atoms with Crippen LogP contribution in [0, 0.1) is 5.92 Å². The minimum Gasteiger partial charge on any atom is -0.497 e. The van der Waals surface area contributed by atoms with E-state index in [-0.39, 0.29) is 24.0 Å². The SMILES string of the molecule is COc1ccc(N2C(=O)[C@@H]3C/C(=C\Br)C4=C(C)[C@H](OC4)[C@@H]32)cc1. The lowest BCUT2D eigenvalue weighted by molar-refractivity contribution is -0.133. The smallest absolute Gasteiger partial charge is 0.233 e. The van der Waals surface area contributed by atoms with Gasteiger partial charge >= 0.3 is 0 Å². The third kappa shape index (κ3) is 2.10. The summed E-state index contributed by atoms with van der Waals surface area (Å²) >= 11 is 3.45. The lowest BCUT2D eigenvalue weighted by Gasteiger charge is -2.49. The highest BCUT2D eigenvalue weighted by atomic mass is 79.9. The standard InChI is InChI=1S/C18H18BrNO3/c1-10-15-9-23-17(10)16-14(7-11(15)8-19)18(21)20(16)12-3-5-13(22-2)6-4-12/h3-6,8,14,16-17H,7,9H2,1-2H3/b11-8+/t14-,16-,17+/m1/s1. The normalized spacial score (nSPS) is 31.1. The molecule has 2 aliphatic heterocycles. The molecular weight excluding hydrogens is 358 g/mol. The molecule has 3 aliphatic rings. The first-order chi connectivity index (χ1) is 11.2. The predicted molar refractivity (Wildman–Crippen MR) is 91.8 cm³/mol. The Labute approximate surface area is 143 Å². The van der Waals surface area contributed by atoms with Gasteiger partial charge in [0.05, 0.1) is 25.7 Å². The molecule has 4 nitrogen and oxygen atoms in total. The minimum atomic E-state index is -0.00125. The first-order valence-electron chi connectivity index (χ1n) is 7.73. The molecule has 1 aromatic rings. The second-order valence-electron chi connectivity index (χ2n) is 6.23. The molecule has 3 atom stereocenters. The van der Waals surface area contributed by atoms with Crippen molar-refractivity contribution in [1.82, 2.24) is 0 Å². The van der Waals surface area contributed by atoms with E-state index < -0.39 is 0 Å². The molecule has 0 unspecified atom stereocenters. The van der Waals surface area contributed by atoms with Crippen LogP contribution in [0.2, 0.25) is 0 Å². The van der Waals surface area contributed by atoms with E-state index in [1.165, 1.54) is 16.7 Å². The average molecular weight is 376 g/mol. The maximum atomic E-state index is 12.7. The number of methoxy groups -OCH3 is 1. The van der Waals surface area contributed by atoms with Crippen LogP contribution in [0.5, 0.6) is 5.75 Å². The number of anilines is 1. The number of halogens is 1. The van der Waals surface area contributed by atoms with Crippen LogP contribution in [0.25, 0.3) is 0 Å². The molecule has 2 heterocycles. The molecule has 0 aromatic heterocycles. The Balaban J connectivity index is 1.70. The maximum Gasteiger partial charge on any atom is 0.233 e. The van der Waals surface area contributed by atoms with Crippen molar-refractivity contribution in [3.05, 3.63) is 46.0 Å². The van der Waals surface area contributed by atoms with E-state index in [4.69, 9.17) is 9.47 Å². The number of ether oxygens (including phenoxy) is 2. The molecule has 0 radical (unpaired) electrons. The number of hydrogen-bond donors (Lipinski definition) is 0. The van der Waals surface area contributed by atoms with Gasteiger partial charge in [-0.25, -0.2) is 0 Å². The number of hydrogen-bond acceptors (Lipinski definition) is 3. The largest absolute Gasteiger partial charge is 0.497 e. The molecule has 23 heavy (non-hydrogen) atoms. The van der Waals surface area contributed by atoms with Crippen LogP contribution in [-0.4, -0.2) is 31.8 Å². The van der Waals surface area contributed by atoms with E-state index >= 15 is 0 Å². The molecule has 4 rings (SSSR count). The second kappa shape index (κ2) is 5.49. The number of β-lactam (4-membered cyclic amide) rings is 1. The van der Waals surface area contributed by atoms with Crippen LogP contribution in [-0.2, 0) is 9.53 Å². The number of amides is 1. The highest BCUT2D eigenvalue weighted by molar-refractivity contribution is 9.11. The lowest BCUT2D eigenvalue weighted by atomic mass is 9.79. The number of carbonyl (C=O) groups excluding carboxylic acids is 1. The zero-order valence-electron chi connectivity index (χ0n) is 13.1. The monoisotopic (exact) mass is 375 g/mol. The first kappa shape index (κ1) is 15.0. The summed E-state index contributed by atoms with van der Waals surface area (Å²) in [5, 5.41) is 0. The molecule has 1 aliphatic carbocycles. The van der Waals surface area contributed by atoms with Crippen molar-refractivity contribution < 1.29 is 14.3 Å². The van der Waals surface area contributed by atoms with Crippen LogP contribution in [0.15, 0.2) is 46.0 Å². The van der Waals surface area contributed by atoms with Crippen molar-refractivity contribution in [2.45, 2.75) is 25.5 Å². The number of nitrogens with zero attached hydrogens (tertiary/aromatic N) is 1. The number of fused-ring (bicyclic) bond motifs is 3. The zero-order chi connectivity index (χ0) is 16.1. The second-order valence-corrected chi connectivity index (χ2v) is 6.69. The van der Waals surface area contributed by atoms with Gasteiger partial charge in [0.15, 0.2) is 0 Å². The van der Waals surface area contributed by atoms with Gasteiger partial charge in [0.2, 0.25) is 5.91 Å². The van der Waals surface area contributed by atoms with Crippen LogP contribution < -0.4 is 9.64 Å². The molecule has 120 valence electrons. The summed E-state index contributed by atoms with van der Waals surface area (Å²) in [6.07, 6.45) is 0.785. The fourth-order valence-corrected chi connectivity index (χ4v) is 4.38. The van der Waals surface area contributed by atoms with E-state index in [0.717, 1.165) is 17.9 Å². The third-order valence-electron chi connectivity index (χ3n) is 5.19. The molecule has 2 bridgehead atoms. The molecule has 1 fully saturated rings. The molecule has 0 N–H and O–H groups in total. The number of benzene rings is 1. The van der Waals surface area contributed by atoms with Crippen molar-refractivity contribution in [2.75, 3.05) is 18.6 Å². The van der Waals surface area contributed by atoms with Gasteiger partial charge in [0.25, 0.3) is 0 Å². The van der Waals surface area contributed by atoms with Gasteiger partial charge in [0.1, 0.15) is 11.9 Å². The maximum absolute atomic E-state index is 12.7. The number of rotatable bonds is 2. The lowest BCUT2D eigenvalue weighted by Crippen LogP contribution is -2.66. The summed E-state index contributed by atoms with van der Waals surface area (Å²) in [7, 11) is 1.64. The Kier molecular flexibility index (Phi) is 3.58. The summed E-state index contributed by atoms with van der Waals surface area (Å²) in [6.45, 7) is 2.77. The molecular formula is C18H18BrNO3. The van der Waals surface area contributed by atoms with Gasteiger partial charge in [0, 0.05) is 5.69 Å². The minimum absolute atomic E-state index is 0.000230. The average Bonchev–Trinajstić information content (AvgIpc) is 2.89. The van der Waals surface area contributed by atoms with Gasteiger partial charge in [-0.3, -0.25) is 4.79 Å². The Bertz CT molecular complexity index is 722. The summed E-state index contributed by atoms with van der Waals surface area (Å²) in [5.41, 5.74) is 4.62. The molecule has 0 saturated carbocycles. The molecule has 1 aromatic carbocycles. The van der Waals surface area contributed by atoms with E-state index in [2.05, 4.69) is 22.9 Å². The molecule has 1 saturated heterocycles. The van der Waals surface area contributed by atoms with Crippen molar-refractivity contribution in [2.24, 2.45) is 5.92 Å². The van der Waals surface area contributed by atoms with Crippen LogP contribution in [0.3, 0.4) is 0 Å². The Morgan fingerprint density at radius 3 is 2.74 bits per heavy atom. The Hall–Kier alpha value is -1.59. The third-order valence-corrected chi connectivity index (χ3v) is 5.75. The predicted octanol–water partition coefficient (Wildman–Crippen LogP) is 3.42. The van der Waals surface area contributed by atoms with E-state index in [1.54, 1.807) is 7.11 Å². The van der Waals surface area contributed by atoms with Crippen molar-refractivity contribution in [3.63, 3.8) is 0 Å². The topological polar surface area (TPSA) is 38.8 Å². The van der Waals surface area contributed by atoms with Crippen molar-refractivity contribution in [1.29, 1.82) is 0 Å². The quantitative estimate of drug-likeness (QED) is 0.743. The fourth-order valence-electron chi connectivity index (χ4n) is 3.92. The highest BCUT2D eigenvalue weighted by Crippen LogP contribution is 2.47. The van der Waals surface area contributed by atoms with Crippen LogP contribution in [0.4, 0.5) is 5.69 Å². The molecule has 5 heteroatoms. The summed E-state index contributed by atoms with van der Waals surface area (Å²) < 4.78 is 11.2. The van der Waals surface area contributed by atoms with Crippen LogP contribution in [0.1, 0.15) is 13.3 Å². The fraction of sp³-hybridized carbons (Fsp3) is 0.389. The zero-order valence-corrected chi connectivity index (χ0v) is 14.7. The van der Waals surface area contributed by atoms with E-state index in [0.29, 0.717) is 6.61 Å². The molecule has 0 spiro atoms. The summed E-state index contributed by atoms with van der Waals surface area (Å²) in [4.78, 5) is 16.6. The summed E-state index contributed by atoms with van der Waals surface area (Å²) in [5.74, 6) is 0.967. The van der Waals surface area contributed by atoms with E-state index in [9.17, 15) is 4.79 Å². The van der Waals surface area contributed by atoms with Gasteiger partial charge in [-0.1, -0.05) is 15.9 Å². The Morgan fingerprint density at radius 2 is 2.09 bits per heavy atom. The van der Waals surface area contributed by atoms with Gasteiger partial charge in [-0.05, 0) is 59.3 Å². The molecule has 1 amide bonds. The van der Waals surface area contributed by atoms with Crippen LogP contribution >= 0.6 is 15.9 Å². The highest BCUT2D eigenvalue weighted by Gasteiger charge is 2.55. The van der Waals surface area contributed by atoms with E-state index in [1.807, 2.05) is 34.2 Å². The number of carbonyl (C=O) groups is 1. The first-order valence-corrected chi connectivity index (χ1v) is 8.65. The Morgan fingerprint density at radius 1 is 1.35 bits per heavy atom. The van der Waals surface area contributed by atoms with Crippen molar-refractivity contribution in [3.8, 4) is 5.75 Å². The summed E-state index contributed by atoms with van der Waals surface area (Å²) in [6, 6.07) is 7.74. The van der Waals surface area contributed by atoms with Gasteiger partial charge < -0.3 is 14.4 Å². The van der Waals surface area contributed by atoms with Gasteiger partial charge in [-0.2, -0.15) is 0 Å². The van der Waals surface area contributed by atoms with Crippen molar-refractivity contribution >= 4 is 27.5 Å².